The number of aromatic nitrogens is 3. The predicted molar refractivity (Wildman–Crippen MR) is 105 cm³/mol. The minimum atomic E-state index is -0.538. The molecule has 1 aliphatic carbocycles. The molecule has 0 bridgehead atoms. The van der Waals surface area contributed by atoms with Gasteiger partial charge in [0.1, 0.15) is 0 Å². The monoisotopic (exact) mass is 383 g/mol. The van der Waals surface area contributed by atoms with E-state index in [0.717, 1.165) is 28.6 Å². The number of nitrogens with zero attached hydrogens (tertiary/aromatic N) is 4. The van der Waals surface area contributed by atoms with E-state index in [4.69, 9.17) is 15.5 Å². The minimum Gasteiger partial charge on any atom is -0.381 e. The molecule has 0 spiro atoms. The van der Waals surface area contributed by atoms with E-state index in [2.05, 4.69) is 21.8 Å². The van der Waals surface area contributed by atoms with Crippen molar-refractivity contribution in [3.8, 4) is 0 Å². The smallest absolute Gasteiger partial charge is 0.269 e. The standard InChI is InChI=1S/C19H21N5O2S/c1-11(12-4-3-6-21-10-12)24(13-8-14(9-13)26-2)19-22-15-5-7-27-17(15)16(23-19)18(20)25/h3-7,10-11,13-14H,8-9H2,1-2H3,(H2,20,25)/t11-,13?,14?/m0/s1. The molecule has 0 unspecified atom stereocenters. The summed E-state index contributed by atoms with van der Waals surface area (Å²) in [6, 6.07) is 6.07. The van der Waals surface area contributed by atoms with Gasteiger partial charge in [0, 0.05) is 25.5 Å². The van der Waals surface area contributed by atoms with Gasteiger partial charge in [-0.25, -0.2) is 9.97 Å². The maximum atomic E-state index is 12.0. The summed E-state index contributed by atoms with van der Waals surface area (Å²) >= 11 is 1.43. The molecule has 1 atom stereocenters. The molecule has 4 rings (SSSR count). The number of rotatable bonds is 6. The Labute approximate surface area is 161 Å². The van der Waals surface area contributed by atoms with Gasteiger partial charge in [0.25, 0.3) is 5.91 Å². The predicted octanol–water partition coefficient (Wildman–Crippen LogP) is 2.93. The summed E-state index contributed by atoms with van der Waals surface area (Å²) in [5.74, 6) is -0.0194. The fraction of sp³-hybridized carbons (Fsp3) is 0.368. The number of carbonyl (C=O) groups excluding carboxylic acids is 1. The van der Waals surface area contributed by atoms with Crippen molar-refractivity contribution in [3.05, 3.63) is 47.2 Å². The van der Waals surface area contributed by atoms with Crippen molar-refractivity contribution in [1.82, 2.24) is 15.0 Å². The van der Waals surface area contributed by atoms with Gasteiger partial charge in [-0.1, -0.05) is 6.07 Å². The fourth-order valence-corrected chi connectivity index (χ4v) is 4.35. The first-order chi connectivity index (χ1) is 13.1. The fourth-order valence-electron chi connectivity index (χ4n) is 3.53. The van der Waals surface area contributed by atoms with Crippen molar-refractivity contribution in [2.45, 2.75) is 38.0 Å². The van der Waals surface area contributed by atoms with E-state index >= 15 is 0 Å². The number of anilines is 1. The van der Waals surface area contributed by atoms with Crippen LogP contribution >= 0.6 is 11.3 Å². The minimum absolute atomic E-state index is 0.00156. The lowest BCUT2D eigenvalue weighted by atomic mass is 9.86. The van der Waals surface area contributed by atoms with E-state index in [9.17, 15) is 4.79 Å². The Morgan fingerprint density at radius 2 is 2.19 bits per heavy atom. The van der Waals surface area contributed by atoms with Crippen LogP contribution in [0, 0.1) is 0 Å². The highest BCUT2D eigenvalue weighted by atomic mass is 32.1. The zero-order valence-corrected chi connectivity index (χ0v) is 16.0. The maximum Gasteiger partial charge on any atom is 0.269 e. The van der Waals surface area contributed by atoms with E-state index < -0.39 is 5.91 Å². The van der Waals surface area contributed by atoms with Gasteiger partial charge in [-0.3, -0.25) is 9.78 Å². The Bertz CT molecular complexity index is 955. The summed E-state index contributed by atoms with van der Waals surface area (Å²) < 4.78 is 6.18. The zero-order chi connectivity index (χ0) is 19.0. The molecule has 1 amide bonds. The molecule has 140 valence electrons. The van der Waals surface area contributed by atoms with Gasteiger partial charge < -0.3 is 15.4 Å². The Kier molecular flexibility index (Phi) is 4.75. The quantitative estimate of drug-likeness (QED) is 0.703. The van der Waals surface area contributed by atoms with Crippen molar-refractivity contribution in [1.29, 1.82) is 0 Å². The number of ether oxygens (including phenoxy) is 1. The van der Waals surface area contributed by atoms with Gasteiger partial charge in [0.2, 0.25) is 5.95 Å². The maximum absolute atomic E-state index is 12.0. The number of primary amides is 1. The average Bonchev–Trinajstić information content (AvgIpc) is 3.12. The van der Waals surface area contributed by atoms with Crippen LogP contribution in [0.25, 0.3) is 10.2 Å². The van der Waals surface area contributed by atoms with E-state index in [1.165, 1.54) is 11.3 Å². The van der Waals surface area contributed by atoms with Crippen LogP contribution in [-0.2, 0) is 4.74 Å². The van der Waals surface area contributed by atoms with Gasteiger partial charge in [0.05, 0.1) is 22.4 Å². The Balaban J connectivity index is 1.79. The van der Waals surface area contributed by atoms with Crippen LogP contribution in [0.1, 0.15) is 41.9 Å². The van der Waals surface area contributed by atoms with Gasteiger partial charge >= 0.3 is 0 Å². The number of hydrogen-bond acceptors (Lipinski definition) is 7. The molecule has 0 radical (unpaired) electrons. The number of carbonyl (C=O) groups is 1. The molecule has 3 aromatic heterocycles. The summed E-state index contributed by atoms with van der Waals surface area (Å²) in [7, 11) is 1.73. The van der Waals surface area contributed by atoms with Crippen LogP contribution in [0.2, 0.25) is 0 Å². The first-order valence-electron chi connectivity index (χ1n) is 8.84. The van der Waals surface area contributed by atoms with Crippen LogP contribution in [-0.4, -0.2) is 40.1 Å². The number of pyridine rings is 1. The molecule has 1 aliphatic rings. The highest BCUT2D eigenvalue weighted by Gasteiger charge is 2.38. The number of hydrogen-bond donors (Lipinski definition) is 1. The third kappa shape index (κ3) is 3.26. The van der Waals surface area contributed by atoms with Crippen molar-refractivity contribution < 1.29 is 9.53 Å². The van der Waals surface area contributed by atoms with Gasteiger partial charge in [-0.05, 0) is 42.8 Å². The lowest BCUT2D eigenvalue weighted by Gasteiger charge is -2.45. The number of fused-ring (bicyclic) bond motifs is 1. The number of amides is 1. The van der Waals surface area contributed by atoms with E-state index in [1.807, 2.05) is 29.8 Å². The van der Waals surface area contributed by atoms with E-state index in [-0.39, 0.29) is 23.9 Å². The Hall–Kier alpha value is -2.58. The molecule has 0 aromatic carbocycles. The first kappa shape index (κ1) is 17.8. The zero-order valence-electron chi connectivity index (χ0n) is 15.2. The summed E-state index contributed by atoms with van der Waals surface area (Å²) in [5.41, 5.74) is 7.67. The second kappa shape index (κ2) is 7.21. The van der Waals surface area contributed by atoms with Crippen molar-refractivity contribution >= 4 is 33.4 Å². The lowest BCUT2D eigenvalue weighted by molar-refractivity contribution is 0.0232. The number of nitrogens with two attached hydrogens (primary N) is 1. The SMILES string of the molecule is COC1CC(N(c2nc(C(N)=O)c3sccc3n2)[C@@H](C)c2cccnc2)C1. The molecule has 8 heteroatoms. The molecule has 0 saturated heterocycles. The Morgan fingerprint density at radius 3 is 2.85 bits per heavy atom. The molecular weight excluding hydrogens is 362 g/mol. The second-order valence-electron chi connectivity index (χ2n) is 6.72. The van der Waals surface area contributed by atoms with Crippen LogP contribution in [0.4, 0.5) is 5.95 Å². The highest BCUT2D eigenvalue weighted by Crippen LogP contribution is 2.37. The molecule has 7 nitrogen and oxygen atoms in total. The summed E-state index contributed by atoms with van der Waals surface area (Å²) in [6.45, 7) is 2.10. The lowest BCUT2D eigenvalue weighted by Crippen LogP contribution is -2.49. The molecule has 1 fully saturated rings. The van der Waals surface area contributed by atoms with Gasteiger partial charge in [-0.15, -0.1) is 11.3 Å². The molecule has 1 saturated carbocycles. The van der Waals surface area contributed by atoms with Gasteiger partial charge in [-0.2, -0.15) is 0 Å². The molecule has 3 aromatic rings. The van der Waals surface area contributed by atoms with E-state index in [0.29, 0.717) is 5.95 Å². The van der Waals surface area contributed by atoms with Crippen molar-refractivity contribution in [2.75, 3.05) is 12.0 Å². The van der Waals surface area contributed by atoms with Crippen LogP contribution in [0.15, 0.2) is 36.0 Å². The third-order valence-electron chi connectivity index (χ3n) is 5.14. The molecule has 0 aliphatic heterocycles. The van der Waals surface area contributed by atoms with Crippen LogP contribution in [0.5, 0.6) is 0 Å². The second-order valence-corrected chi connectivity index (χ2v) is 7.64. The van der Waals surface area contributed by atoms with Crippen molar-refractivity contribution in [3.63, 3.8) is 0 Å². The normalized spacial score (nSPS) is 20.2. The molecule has 2 N–H and O–H groups in total. The van der Waals surface area contributed by atoms with Crippen LogP contribution in [0.3, 0.4) is 0 Å². The first-order valence-corrected chi connectivity index (χ1v) is 9.72. The summed E-state index contributed by atoms with van der Waals surface area (Å²) in [6.07, 6.45) is 5.61. The van der Waals surface area contributed by atoms with Gasteiger partial charge in [0.15, 0.2) is 5.69 Å². The van der Waals surface area contributed by atoms with Crippen LogP contribution < -0.4 is 10.6 Å². The summed E-state index contributed by atoms with van der Waals surface area (Å²) in [4.78, 5) is 27.7. The van der Waals surface area contributed by atoms with Crippen molar-refractivity contribution in [2.24, 2.45) is 5.73 Å². The average molecular weight is 383 g/mol. The molecular formula is C19H21N5O2S. The summed E-state index contributed by atoms with van der Waals surface area (Å²) in [5, 5.41) is 1.90. The van der Waals surface area contributed by atoms with E-state index in [1.54, 1.807) is 13.3 Å². The third-order valence-corrected chi connectivity index (χ3v) is 6.05. The molecule has 27 heavy (non-hydrogen) atoms. The Morgan fingerprint density at radius 1 is 1.37 bits per heavy atom. The highest BCUT2D eigenvalue weighted by molar-refractivity contribution is 7.17. The number of methoxy groups -OCH3 is 1. The molecule has 3 heterocycles. The largest absolute Gasteiger partial charge is 0.381 e. The topological polar surface area (TPSA) is 94.2 Å². The number of thiophene rings is 1.